The molecule has 1 aromatic heterocycles. The van der Waals surface area contributed by atoms with Crippen molar-refractivity contribution in [1.82, 2.24) is 4.98 Å². The summed E-state index contributed by atoms with van der Waals surface area (Å²) in [5, 5.41) is 0. The first kappa shape index (κ1) is 13.0. The SMILES string of the molecule is CCS(CC)(CC)c1cc(Br)ncc1F. The standard InChI is InChI=1S/C11H17BrFNS/c1-4-15(5-2,6-3)10-7-11(12)14-8-9(10)13/h7-8H,4-6H2,1-3H3. The van der Waals surface area contributed by atoms with E-state index >= 15 is 0 Å². The van der Waals surface area contributed by atoms with Crippen LogP contribution in [0.15, 0.2) is 21.8 Å². The van der Waals surface area contributed by atoms with Crippen molar-refractivity contribution in [3.63, 3.8) is 0 Å². The van der Waals surface area contributed by atoms with Crippen molar-refractivity contribution in [2.24, 2.45) is 0 Å². The van der Waals surface area contributed by atoms with Gasteiger partial charge in [0.05, 0.1) is 6.20 Å². The largest absolute Gasteiger partial charge is 0.246 e. The van der Waals surface area contributed by atoms with Crippen LogP contribution in [-0.4, -0.2) is 22.2 Å². The van der Waals surface area contributed by atoms with Gasteiger partial charge in [-0.3, -0.25) is 0 Å². The summed E-state index contributed by atoms with van der Waals surface area (Å²) in [6.07, 6.45) is 1.32. The Hall–Kier alpha value is -0.0900. The van der Waals surface area contributed by atoms with Gasteiger partial charge in [-0.15, -0.1) is 0 Å². The highest BCUT2D eigenvalue weighted by molar-refractivity contribution is 9.10. The molecule has 0 aliphatic carbocycles. The molecule has 0 aromatic carbocycles. The van der Waals surface area contributed by atoms with Crippen LogP contribution in [0.25, 0.3) is 0 Å². The second-order valence-electron chi connectivity index (χ2n) is 3.35. The molecule has 0 saturated heterocycles. The molecule has 0 spiro atoms. The molecule has 1 aromatic rings. The average Bonchev–Trinajstić information content (AvgIpc) is 2.26. The Balaban J connectivity index is 3.27. The van der Waals surface area contributed by atoms with E-state index in [9.17, 15) is 4.39 Å². The van der Waals surface area contributed by atoms with Gasteiger partial charge in [0, 0.05) is 4.90 Å². The third kappa shape index (κ3) is 2.53. The van der Waals surface area contributed by atoms with Crippen molar-refractivity contribution >= 4 is 26.0 Å². The van der Waals surface area contributed by atoms with Gasteiger partial charge in [0.1, 0.15) is 4.60 Å². The molecule has 0 aliphatic heterocycles. The smallest absolute Gasteiger partial charge is 0.153 e. The van der Waals surface area contributed by atoms with Crippen molar-refractivity contribution in [1.29, 1.82) is 0 Å². The molecule has 0 fully saturated rings. The lowest BCUT2D eigenvalue weighted by Gasteiger charge is -2.37. The molecular weight excluding hydrogens is 277 g/mol. The molecule has 0 N–H and O–H groups in total. The van der Waals surface area contributed by atoms with Crippen LogP contribution in [0.2, 0.25) is 0 Å². The number of hydrogen-bond donors (Lipinski definition) is 0. The van der Waals surface area contributed by atoms with E-state index in [0.717, 1.165) is 26.8 Å². The highest BCUT2D eigenvalue weighted by Gasteiger charge is 2.24. The molecule has 86 valence electrons. The zero-order chi connectivity index (χ0) is 11.5. The summed E-state index contributed by atoms with van der Waals surface area (Å²) in [5.74, 6) is 2.95. The minimum absolute atomic E-state index is 0.154. The second-order valence-corrected chi connectivity index (χ2v) is 8.42. The van der Waals surface area contributed by atoms with Crippen LogP contribution < -0.4 is 0 Å². The van der Waals surface area contributed by atoms with Gasteiger partial charge in [0.25, 0.3) is 0 Å². The fraction of sp³-hybridized carbons (Fsp3) is 0.545. The first-order valence-corrected chi connectivity index (χ1v) is 8.10. The van der Waals surface area contributed by atoms with Crippen LogP contribution in [0.1, 0.15) is 20.8 Å². The number of rotatable bonds is 4. The molecule has 0 radical (unpaired) electrons. The molecule has 0 unspecified atom stereocenters. The molecule has 0 atom stereocenters. The van der Waals surface area contributed by atoms with Crippen molar-refractivity contribution in [3.8, 4) is 0 Å². The number of aromatic nitrogens is 1. The maximum absolute atomic E-state index is 13.8. The molecule has 0 bridgehead atoms. The van der Waals surface area contributed by atoms with Crippen LogP contribution >= 0.6 is 26.0 Å². The number of halogens is 2. The van der Waals surface area contributed by atoms with Gasteiger partial charge in [-0.1, -0.05) is 20.8 Å². The zero-order valence-corrected chi connectivity index (χ0v) is 11.8. The number of nitrogens with zero attached hydrogens (tertiary/aromatic N) is 1. The van der Waals surface area contributed by atoms with Crippen molar-refractivity contribution < 1.29 is 4.39 Å². The molecule has 15 heavy (non-hydrogen) atoms. The third-order valence-corrected chi connectivity index (χ3v) is 7.91. The van der Waals surface area contributed by atoms with E-state index in [0.29, 0.717) is 0 Å². The van der Waals surface area contributed by atoms with Crippen LogP contribution in [0.3, 0.4) is 0 Å². The summed E-state index contributed by atoms with van der Waals surface area (Å²) in [5.41, 5.74) is 0. The molecule has 4 heteroatoms. The van der Waals surface area contributed by atoms with Crippen LogP contribution in [0.4, 0.5) is 4.39 Å². The summed E-state index contributed by atoms with van der Waals surface area (Å²) < 4.78 is 14.5. The Morgan fingerprint density at radius 2 is 1.80 bits per heavy atom. The fourth-order valence-corrected chi connectivity index (χ4v) is 5.28. The van der Waals surface area contributed by atoms with E-state index in [1.54, 1.807) is 0 Å². The minimum Gasteiger partial charge on any atom is -0.246 e. The first-order chi connectivity index (χ1) is 7.09. The van der Waals surface area contributed by atoms with Crippen molar-refractivity contribution in [2.75, 3.05) is 17.3 Å². The molecule has 1 nitrogen and oxygen atoms in total. The van der Waals surface area contributed by atoms with E-state index in [1.165, 1.54) is 6.20 Å². The predicted molar refractivity (Wildman–Crippen MR) is 69.4 cm³/mol. The topological polar surface area (TPSA) is 12.9 Å². The van der Waals surface area contributed by atoms with Gasteiger partial charge in [-0.05, 0) is 39.3 Å². The summed E-state index contributed by atoms with van der Waals surface area (Å²) in [6.45, 7) is 6.45. The van der Waals surface area contributed by atoms with E-state index in [4.69, 9.17) is 0 Å². The van der Waals surface area contributed by atoms with Gasteiger partial charge < -0.3 is 0 Å². The fourth-order valence-electron chi connectivity index (χ4n) is 1.81. The Morgan fingerprint density at radius 1 is 1.27 bits per heavy atom. The van der Waals surface area contributed by atoms with E-state index in [2.05, 4.69) is 41.7 Å². The highest BCUT2D eigenvalue weighted by atomic mass is 79.9. The molecule has 1 heterocycles. The Labute approximate surface area is 101 Å². The van der Waals surface area contributed by atoms with E-state index < -0.39 is 10.0 Å². The lowest BCUT2D eigenvalue weighted by molar-refractivity contribution is 0.592. The normalized spacial score (nSPS) is 12.9. The van der Waals surface area contributed by atoms with Crippen LogP contribution in [0.5, 0.6) is 0 Å². The second kappa shape index (κ2) is 5.30. The third-order valence-electron chi connectivity index (χ3n) is 2.91. The minimum atomic E-state index is -0.987. The maximum atomic E-state index is 13.8. The zero-order valence-electron chi connectivity index (χ0n) is 9.39. The van der Waals surface area contributed by atoms with Gasteiger partial charge in [0.2, 0.25) is 0 Å². The van der Waals surface area contributed by atoms with Crippen molar-refractivity contribution in [3.05, 3.63) is 22.7 Å². The highest BCUT2D eigenvalue weighted by Crippen LogP contribution is 2.56. The lowest BCUT2D eigenvalue weighted by atomic mass is 10.5. The van der Waals surface area contributed by atoms with Gasteiger partial charge in [0.15, 0.2) is 5.82 Å². The summed E-state index contributed by atoms with van der Waals surface area (Å²) >= 11 is 3.31. The number of hydrogen-bond acceptors (Lipinski definition) is 1. The molecular formula is C11H17BrFNS. The molecule has 0 amide bonds. The molecule has 1 rings (SSSR count). The lowest BCUT2D eigenvalue weighted by Crippen LogP contribution is -2.11. The Kier molecular flexibility index (Phi) is 4.59. The monoisotopic (exact) mass is 293 g/mol. The van der Waals surface area contributed by atoms with E-state index in [1.807, 2.05) is 6.07 Å². The van der Waals surface area contributed by atoms with Gasteiger partial charge in [-0.25, -0.2) is 19.4 Å². The summed E-state index contributed by atoms with van der Waals surface area (Å²) in [4.78, 5) is 4.78. The number of pyridine rings is 1. The van der Waals surface area contributed by atoms with E-state index in [-0.39, 0.29) is 5.82 Å². The van der Waals surface area contributed by atoms with Crippen LogP contribution in [0, 0.1) is 5.82 Å². The van der Waals surface area contributed by atoms with Crippen LogP contribution in [-0.2, 0) is 0 Å². The maximum Gasteiger partial charge on any atom is 0.153 e. The summed E-state index contributed by atoms with van der Waals surface area (Å²) in [6, 6.07) is 1.85. The van der Waals surface area contributed by atoms with Gasteiger partial charge >= 0.3 is 0 Å². The molecule has 0 aliphatic rings. The Bertz CT molecular complexity index is 331. The molecule has 0 saturated carbocycles. The quantitative estimate of drug-likeness (QED) is 0.758. The predicted octanol–water partition coefficient (Wildman–Crippen LogP) is 4.21. The Morgan fingerprint density at radius 3 is 2.27 bits per heavy atom. The average molecular weight is 294 g/mol. The van der Waals surface area contributed by atoms with Gasteiger partial charge in [-0.2, -0.15) is 0 Å². The van der Waals surface area contributed by atoms with Crippen molar-refractivity contribution in [2.45, 2.75) is 25.7 Å². The summed E-state index contributed by atoms with van der Waals surface area (Å²) in [7, 11) is -0.987. The first-order valence-electron chi connectivity index (χ1n) is 5.17.